The summed E-state index contributed by atoms with van der Waals surface area (Å²) in [6, 6.07) is 7.88. The summed E-state index contributed by atoms with van der Waals surface area (Å²) in [6.07, 6.45) is 2.82. The molecule has 1 saturated heterocycles. The molecule has 0 atom stereocenters. The van der Waals surface area contributed by atoms with E-state index >= 15 is 0 Å². The van der Waals surface area contributed by atoms with Crippen LogP contribution >= 0.6 is 11.8 Å². The number of amides is 3. The zero-order valence-corrected chi connectivity index (χ0v) is 12.3. The molecule has 1 aliphatic rings. The molecular formula is C14H19N3O2S. The fraction of sp³-hybridized carbons (Fsp3) is 0.429. The molecule has 1 heterocycles. The fourth-order valence-electron chi connectivity index (χ4n) is 2.01. The third-order valence-electron chi connectivity index (χ3n) is 3.15. The van der Waals surface area contributed by atoms with Crippen molar-refractivity contribution in [1.29, 1.82) is 0 Å². The molecule has 5 nitrogen and oxygen atoms in total. The van der Waals surface area contributed by atoms with Gasteiger partial charge in [0.15, 0.2) is 0 Å². The van der Waals surface area contributed by atoms with E-state index in [1.807, 2.05) is 30.5 Å². The molecule has 1 aliphatic heterocycles. The lowest BCUT2D eigenvalue weighted by molar-refractivity contribution is -0.121. The molecule has 0 aromatic heterocycles. The maximum Gasteiger partial charge on any atom is 0.318 e. The quantitative estimate of drug-likeness (QED) is 0.829. The van der Waals surface area contributed by atoms with Crippen molar-refractivity contribution >= 4 is 23.7 Å². The number of urea groups is 1. The molecule has 1 fully saturated rings. The Labute approximate surface area is 123 Å². The van der Waals surface area contributed by atoms with Crippen molar-refractivity contribution in [2.75, 3.05) is 25.9 Å². The smallest absolute Gasteiger partial charge is 0.318 e. The second-order valence-electron chi connectivity index (χ2n) is 4.63. The number of nitrogens with one attached hydrogen (secondary N) is 2. The highest BCUT2D eigenvalue weighted by Gasteiger charge is 2.19. The zero-order chi connectivity index (χ0) is 14.4. The van der Waals surface area contributed by atoms with Crippen LogP contribution in [0.4, 0.5) is 4.79 Å². The first-order valence-electron chi connectivity index (χ1n) is 6.61. The predicted octanol–water partition coefficient (Wildman–Crippen LogP) is 1.44. The van der Waals surface area contributed by atoms with Gasteiger partial charge in [0.25, 0.3) is 0 Å². The maximum atomic E-state index is 12.0. The molecule has 1 aromatic rings. The van der Waals surface area contributed by atoms with Gasteiger partial charge in [-0.1, -0.05) is 12.1 Å². The number of hydrogen-bond donors (Lipinski definition) is 2. The molecule has 2 rings (SSSR count). The van der Waals surface area contributed by atoms with Crippen LogP contribution in [0.2, 0.25) is 0 Å². The summed E-state index contributed by atoms with van der Waals surface area (Å²) in [6.45, 7) is 1.86. The van der Waals surface area contributed by atoms with Gasteiger partial charge in [0.1, 0.15) is 6.54 Å². The molecule has 0 aliphatic carbocycles. The van der Waals surface area contributed by atoms with Crippen LogP contribution in [0.15, 0.2) is 29.2 Å². The number of rotatable bonds is 3. The molecule has 3 amide bonds. The average Bonchev–Trinajstić information content (AvgIpc) is 2.70. The van der Waals surface area contributed by atoms with Gasteiger partial charge in [-0.15, -0.1) is 11.8 Å². The van der Waals surface area contributed by atoms with Crippen LogP contribution in [0.5, 0.6) is 0 Å². The highest BCUT2D eigenvalue weighted by Crippen LogP contribution is 2.14. The first-order chi connectivity index (χ1) is 9.69. The molecule has 108 valence electrons. The number of thioether (sulfide) groups is 1. The first kappa shape index (κ1) is 14.7. The molecule has 20 heavy (non-hydrogen) atoms. The molecule has 0 spiro atoms. The lowest BCUT2D eigenvalue weighted by Crippen LogP contribution is -2.43. The monoisotopic (exact) mass is 293 g/mol. The second-order valence-corrected chi connectivity index (χ2v) is 5.51. The van der Waals surface area contributed by atoms with E-state index in [9.17, 15) is 9.59 Å². The van der Waals surface area contributed by atoms with Gasteiger partial charge in [0, 0.05) is 24.5 Å². The molecule has 0 bridgehead atoms. The van der Waals surface area contributed by atoms with Crippen LogP contribution in [0.3, 0.4) is 0 Å². The lowest BCUT2D eigenvalue weighted by Gasteiger charge is -2.19. The van der Waals surface area contributed by atoms with Crippen molar-refractivity contribution in [3.63, 3.8) is 0 Å². The summed E-state index contributed by atoms with van der Waals surface area (Å²) < 4.78 is 0. The largest absolute Gasteiger partial charge is 0.354 e. The van der Waals surface area contributed by atoms with E-state index in [4.69, 9.17) is 0 Å². The van der Waals surface area contributed by atoms with Gasteiger partial charge in [-0.05, 0) is 30.4 Å². The van der Waals surface area contributed by atoms with Gasteiger partial charge in [-0.3, -0.25) is 4.79 Å². The Kier molecular flexibility index (Phi) is 5.29. The normalized spacial score (nSPS) is 15.4. The first-order valence-corrected chi connectivity index (χ1v) is 7.84. The van der Waals surface area contributed by atoms with E-state index in [-0.39, 0.29) is 18.5 Å². The van der Waals surface area contributed by atoms with Crippen LogP contribution in [0.25, 0.3) is 0 Å². The van der Waals surface area contributed by atoms with Crippen molar-refractivity contribution in [3.05, 3.63) is 29.8 Å². The van der Waals surface area contributed by atoms with Crippen LogP contribution in [0, 0.1) is 0 Å². The summed E-state index contributed by atoms with van der Waals surface area (Å²) in [5.74, 6) is -0.0954. The third kappa shape index (κ3) is 4.16. The zero-order valence-electron chi connectivity index (χ0n) is 11.5. The van der Waals surface area contributed by atoms with E-state index in [1.165, 1.54) is 4.90 Å². The van der Waals surface area contributed by atoms with Gasteiger partial charge >= 0.3 is 6.03 Å². The Balaban J connectivity index is 1.85. The number of nitrogens with zero attached hydrogens (tertiary/aromatic N) is 1. The summed E-state index contributed by atoms with van der Waals surface area (Å²) >= 11 is 1.69. The second kappa shape index (κ2) is 7.19. The molecular weight excluding hydrogens is 274 g/mol. The molecule has 0 unspecified atom stereocenters. The maximum absolute atomic E-state index is 12.0. The minimum absolute atomic E-state index is 0.0954. The van der Waals surface area contributed by atoms with Gasteiger partial charge in [0.2, 0.25) is 5.91 Å². The van der Waals surface area contributed by atoms with Crippen molar-refractivity contribution in [1.82, 2.24) is 15.5 Å². The average molecular weight is 293 g/mol. The number of carbonyl (C=O) groups excluding carboxylic acids is 2. The van der Waals surface area contributed by atoms with Crippen molar-refractivity contribution in [3.8, 4) is 0 Å². The highest BCUT2D eigenvalue weighted by molar-refractivity contribution is 7.98. The molecule has 0 radical (unpaired) electrons. The van der Waals surface area contributed by atoms with Crippen LogP contribution in [-0.4, -0.2) is 42.7 Å². The van der Waals surface area contributed by atoms with E-state index in [0.717, 1.165) is 12.0 Å². The summed E-state index contributed by atoms with van der Waals surface area (Å²) in [7, 11) is 0. The lowest BCUT2D eigenvalue weighted by atomic mass is 10.2. The van der Waals surface area contributed by atoms with Crippen LogP contribution < -0.4 is 10.6 Å². The molecule has 1 aromatic carbocycles. The summed E-state index contributed by atoms with van der Waals surface area (Å²) in [5.41, 5.74) is 1.05. The number of hydrogen-bond acceptors (Lipinski definition) is 3. The van der Waals surface area contributed by atoms with Gasteiger partial charge in [-0.2, -0.15) is 0 Å². The Bertz CT molecular complexity index is 476. The molecule has 6 heteroatoms. The highest BCUT2D eigenvalue weighted by atomic mass is 32.2. The van der Waals surface area contributed by atoms with E-state index in [2.05, 4.69) is 10.6 Å². The van der Waals surface area contributed by atoms with Gasteiger partial charge in [0.05, 0.1) is 0 Å². The topological polar surface area (TPSA) is 61.4 Å². The van der Waals surface area contributed by atoms with Gasteiger partial charge in [-0.25, -0.2) is 4.79 Å². The fourth-order valence-corrected chi connectivity index (χ4v) is 2.42. The number of carbonyl (C=O) groups is 2. The van der Waals surface area contributed by atoms with Crippen LogP contribution in [-0.2, 0) is 11.3 Å². The standard InChI is InChI=1S/C14H19N3O2S/c1-20-12-5-3-11(4-6-12)9-16-14(19)17-8-2-7-15-13(18)10-17/h3-6H,2,7-10H2,1H3,(H,15,18)(H,16,19). The van der Waals surface area contributed by atoms with E-state index in [0.29, 0.717) is 19.6 Å². The Morgan fingerprint density at radius 3 is 2.85 bits per heavy atom. The Morgan fingerprint density at radius 1 is 1.40 bits per heavy atom. The minimum Gasteiger partial charge on any atom is -0.354 e. The van der Waals surface area contributed by atoms with Gasteiger partial charge < -0.3 is 15.5 Å². The van der Waals surface area contributed by atoms with Crippen molar-refractivity contribution < 1.29 is 9.59 Å². The van der Waals surface area contributed by atoms with E-state index < -0.39 is 0 Å². The van der Waals surface area contributed by atoms with Crippen molar-refractivity contribution in [2.24, 2.45) is 0 Å². The molecule has 2 N–H and O–H groups in total. The minimum atomic E-state index is -0.184. The Hall–Kier alpha value is -1.69. The van der Waals surface area contributed by atoms with Crippen molar-refractivity contribution in [2.45, 2.75) is 17.9 Å². The Morgan fingerprint density at radius 2 is 2.15 bits per heavy atom. The predicted molar refractivity (Wildman–Crippen MR) is 79.7 cm³/mol. The summed E-state index contributed by atoms with van der Waals surface area (Å²) in [4.78, 5) is 26.2. The SMILES string of the molecule is CSc1ccc(CNC(=O)N2CCCNC(=O)C2)cc1. The summed E-state index contributed by atoms with van der Waals surface area (Å²) in [5, 5.41) is 5.61. The third-order valence-corrected chi connectivity index (χ3v) is 3.90. The number of benzene rings is 1. The van der Waals surface area contributed by atoms with E-state index in [1.54, 1.807) is 16.7 Å². The van der Waals surface area contributed by atoms with Crippen LogP contribution in [0.1, 0.15) is 12.0 Å². The molecule has 0 saturated carbocycles.